The lowest BCUT2D eigenvalue weighted by molar-refractivity contribution is -0.394. The molecular formula is C19H15N5O7S. The molecule has 1 heterocycles. The third-order valence-electron chi connectivity index (χ3n) is 4.34. The number of anilines is 1. The van der Waals surface area contributed by atoms with Gasteiger partial charge in [0.1, 0.15) is 0 Å². The quantitative estimate of drug-likeness (QED) is 0.413. The maximum absolute atomic E-state index is 12.5. The fraction of sp³-hybridized carbons (Fsp3) is 0.105. The number of hydrogen-bond acceptors (Lipinski definition) is 9. The van der Waals surface area contributed by atoms with Crippen molar-refractivity contribution in [1.29, 1.82) is 0 Å². The second kappa shape index (κ2) is 8.85. The van der Waals surface area contributed by atoms with Crippen molar-refractivity contribution in [3.05, 3.63) is 80.4 Å². The molecule has 0 bridgehead atoms. The van der Waals surface area contributed by atoms with Gasteiger partial charge in [-0.1, -0.05) is 19.1 Å². The van der Waals surface area contributed by atoms with Gasteiger partial charge >= 0.3 is 0 Å². The molecule has 32 heavy (non-hydrogen) atoms. The molecule has 0 aliphatic carbocycles. The highest BCUT2D eigenvalue weighted by molar-refractivity contribution is 7.91. The number of nitrogens with zero attached hydrogens (tertiary/aromatic N) is 4. The number of sulfone groups is 1. The molecule has 0 aliphatic heterocycles. The van der Waals surface area contributed by atoms with E-state index in [4.69, 9.17) is 0 Å². The summed E-state index contributed by atoms with van der Waals surface area (Å²) in [5, 5.41) is 32.0. The van der Waals surface area contributed by atoms with Crippen molar-refractivity contribution in [3.8, 4) is 11.3 Å². The highest BCUT2D eigenvalue weighted by Crippen LogP contribution is 2.25. The standard InChI is InChI=1S/C19H15N5O7S/c1-2-32(30,31)18-7-6-17(21-22-18)12-4-3-5-14(8-12)20-19(25)13-9-15(23(26)27)11-16(10-13)24(28)29/h3-11H,2H2,1H3,(H,20,25). The van der Waals surface area contributed by atoms with Crippen LogP contribution in [0.15, 0.2) is 59.6 Å². The summed E-state index contributed by atoms with van der Waals surface area (Å²) in [6.45, 7) is 1.49. The second-order valence-corrected chi connectivity index (χ2v) is 8.67. The fourth-order valence-electron chi connectivity index (χ4n) is 2.68. The maximum atomic E-state index is 12.5. The van der Waals surface area contributed by atoms with Gasteiger partial charge < -0.3 is 5.32 Å². The summed E-state index contributed by atoms with van der Waals surface area (Å²) in [5.74, 6) is -0.900. The zero-order chi connectivity index (χ0) is 23.5. The lowest BCUT2D eigenvalue weighted by Crippen LogP contribution is -2.12. The molecule has 1 aromatic heterocycles. The van der Waals surface area contributed by atoms with E-state index in [0.717, 1.165) is 18.2 Å². The van der Waals surface area contributed by atoms with Crippen molar-refractivity contribution < 1.29 is 23.1 Å². The molecular weight excluding hydrogens is 442 g/mol. The molecule has 3 rings (SSSR count). The molecule has 0 fully saturated rings. The Morgan fingerprint density at radius 2 is 1.62 bits per heavy atom. The van der Waals surface area contributed by atoms with Gasteiger partial charge in [-0.15, -0.1) is 10.2 Å². The van der Waals surface area contributed by atoms with Crippen molar-refractivity contribution in [3.63, 3.8) is 0 Å². The summed E-state index contributed by atoms with van der Waals surface area (Å²) >= 11 is 0. The predicted molar refractivity (Wildman–Crippen MR) is 113 cm³/mol. The Kier molecular flexibility index (Phi) is 6.20. The van der Waals surface area contributed by atoms with Crippen LogP contribution in [0.5, 0.6) is 0 Å². The topological polar surface area (TPSA) is 175 Å². The average Bonchev–Trinajstić information content (AvgIpc) is 2.79. The van der Waals surface area contributed by atoms with Crippen LogP contribution in [0.1, 0.15) is 17.3 Å². The van der Waals surface area contributed by atoms with E-state index < -0.39 is 37.0 Å². The average molecular weight is 457 g/mol. The van der Waals surface area contributed by atoms with Gasteiger partial charge in [0.15, 0.2) is 14.9 Å². The highest BCUT2D eigenvalue weighted by atomic mass is 32.2. The van der Waals surface area contributed by atoms with E-state index in [1.54, 1.807) is 12.1 Å². The maximum Gasteiger partial charge on any atom is 0.277 e. The molecule has 12 nitrogen and oxygen atoms in total. The summed E-state index contributed by atoms with van der Waals surface area (Å²) in [4.78, 5) is 32.9. The monoisotopic (exact) mass is 457 g/mol. The van der Waals surface area contributed by atoms with Crippen molar-refractivity contribution in [2.24, 2.45) is 0 Å². The Bertz CT molecular complexity index is 1290. The van der Waals surface area contributed by atoms with Crippen LogP contribution >= 0.6 is 0 Å². The van der Waals surface area contributed by atoms with Crippen LogP contribution in [0, 0.1) is 20.2 Å². The van der Waals surface area contributed by atoms with E-state index >= 15 is 0 Å². The summed E-state index contributed by atoms with van der Waals surface area (Å²) in [5.41, 5.74) is -0.284. The van der Waals surface area contributed by atoms with Crippen molar-refractivity contribution in [2.75, 3.05) is 11.1 Å². The van der Waals surface area contributed by atoms with Crippen molar-refractivity contribution in [2.45, 2.75) is 11.9 Å². The Balaban J connectivity index is 1.87. The van der Waals surface area contributed by atoms with E-state index in [1.807, 2.05) is 0 Å². The third kappa shape index (κ3) is 4.89. The number of amides is 1. The number of nitro benzene ring substituents is 2. The number of rotatable bonds is 7. The van der Waals surface area contributed by atoms with Crippen LogP contribution in [0.2, 0.25) is 0 Å². The molecule has 13 heteroatoms. The van der Waals surface area contributed by atoms with E-state index in [-0.39, 0.29) is 22.0 Å². The van der Waals surface area contributed by atoms with Gasteiger partial charge in [0.05, 0.1) is 32.9 Å². The number of hydrogen-bond donors (Lipinski definition) is 1. The van der Waals surface area contributed by atoms with Crippen molar-refractivity contribution in [1.82, 2.24) is 10.2 Å². The third-order valence-corrected chi connectivity index (χ3v) is 5.96. The largest absolute Gasteiger partial charge is 0.322 e. The van der Waals surface area contributed by atoms with Gasteiger partial charge in [0.25, 0.3) is 17.3 Å². The van der Waals surface area contributed by atoms with Crippen LogP contribution in [-0.4, -0.2) is 40.1 Å². The van der Waals surface area contributed by atoms with E-state index in [0.29, 0.717) is 11.3 Å². The van der Waals surface area contributed by atoms with Gasteiger partial charge in [-0.2, -0.15) is 0 Å². The van der Waals surface area contributed by atoms with Gasteiger partial charge in [-0.25, -0.2) is 8.42 Å². The SMILES string of the molecule is CCS(=O)(=O)c1ccc(-c2cccc(NC(=O)c3cc([N+](=O)[O-])cc([N+](=O)[O-])c3)c2)nn1. The van der Waals surface area contributed by atoms with Gasteiger partial charge in [0.2, 0.25) is 0 Å². The minimum Gasteiger partial charge on any atom is -0.322 e. The Hall–Kier alpha value is -4.26. The first-order valence-electron chi connectivity index (χ1n) is 9.03. The number of nitro groups is 2. The number of non-ortho nitro benzene ring substituents is 2. The first-order chi connectivity index (χ1) is 15.1. The number of carbonyl (C=O) groups is 1. The number of carbonyl (C=O) groups excluding carboxylic acids is 1. The number of aromatic nitrogens is 2. The minimum atomic E-state index is -3.50. The Morgan fingerprint density at radius 3 is 2.16 bits per heavy atom. The van der Waals surface area contributed by atoms with Crippen LogP contribution in [0.4, 0.5) is 17.1 Å². The minimum absolute atomic E-state index is 0.113. The summed E-state index contributed by atoms with van der Waals surface area (Å²) in [6, 6.07) is 11.8. The molecule has 0 aliphatic rings. The molecule has 3 aromatic rings. The molecule has 1 N–H and O–H groups in total. The Morgan fingerprint density at radius 1 is 0.969 bits per heavy atom. The lowest BCUT2D eigenvalue weighted by Gasteiger charge is -2.08. The molecule has 0 atom stereocenters. The van der Waals surface area contributed by atoms with E-state index in [9.17, 15) is 33.4 Å². The second-order valence-electron chi connectivity index (χ2n) is 6.45. The molecule has 0 saturated carbocycles. The van der Waals surface area contributed by atoms with Crippen LogP contribution in [0.3, 0.4) is 0 Å². The molecule has 0 spiro atoms. The van der Waals surface area contributed by atoms with E-state index in [1.165, 1.54) is 31.2 Å². The normalized spacial score (nSPS) is 11.0. The summed E-state index contributed by atoms with van der Waals surface area (Å²) < 4.78 is 23.7. The van der Waals surface area contributed by atoms with Crippen molar-refractivity contribution >= 4 is 32.8 Å². The van der Waals surface area contributed by atoms with Crippen LogP contribution in [0.25, 0.3) is 11.3 Å². The zero-order valence-electron chi connectivity index (χ0n) is 16.5. The number of benzene rings is 2. The molecule has 164 valence electrons. The molecule has 0 saturated heterocycles. The highest BCUT2D eigenvalue weighted by Gasteiger charge is 2.20. The lowest BCUT2D eigenvalue weighted by atomic mass is 10.1. The summed E-state index contributed by atoms with van der Waals surface area (Å²) in [6.07, 6.45) is 0. The first-order valence-corrected chi connectivity index (χ1v) is 10.7. The Labute approximate surface area is 181 Å². The number of nitrogens with one attached hydrogen (secondary N) is 1. The van der Waals surface area contributed by atoms with Gasteiger partial charge in [-0.05, 0) is 24.3 Å². The first kappa shape index (κ1) is 22.4. The summed E-state index contributed by atoms with van der Waals surface area (Å²) in [7, 11) is -3.50. The fourth-order valence-corrected chi connectivity index (χ4v) is 3.42. The smallest absolute Gasteiger partial charge is 0.277 e. The predicted octanol–water partition coefficient (Wildman–Crippen LogP) is 3.01. The van der Waals surface area contributed by atoms with E-state index in [2.05, 4.69) is 15.5 Å². The van der Waals surface area contributed by atoms with Crippen LogP contribution in [-0.2, 0) is 9.84 Å². The van der Waals surface area contributed by atoms with Gasteiger partial charge in [-0.3, -0.25) is 25.0 Å². The molecule has 1 amide bonds. The molecule has 2 aromatic carbocycles. The molecule has 0 radical (unpaired) electrons. The zero-order valence-corrected chi connectivity index (χ0v) is 17.3. The van der Waals surface area contributed by atoms with Crippen LogP contribution < -0.4 is 5.32 Å². The van der Waals surface area contributed by atoms with Gasteiger partial charge in [0, 0.05) is 23.4 Å². The molecule has 0 unspecified atom stereocenters.